The van der Waals surface area contributed by atoms with E-state index in [2.05, 4.69) is 20.9 Å². The summed E-state index contributed by atoms with van der Waals surface area (Å²) in [6.45, 7) is 5.79. The van der Waals surface area contributed by atoms with Gasteiger partial charge in [-0.1, -0.05) is 56.7 Å². The Bertz CT molecular complexity index is 912. The molecule has 3 rings (SSSR count). The Morgan fingerprint density at radius 1 is 0.970 bits per heavy atom. The van der Waals surface area contributed by atoms with E-state index < -0.39 is 6.04 Å². The molecule has 0 spiro atoms. The number of para-hydroxylation sites is 1. The van der Waals surface area contributed by atoms with Crippen molar-refractivity contribution in [2.75, 3.05) is 25.0 Å². The fourth-order valence-electron chi connectivity index (χ4n) is 3.97. The molecule has 1 heterocycles. The number of piperidine rings is 1. The zero-order valence-electron chi connectivity index (χ0n) is 19.4. The topological polar surface area (TPSA) is 90.5 Å². The van der Waals surface area contributed by atoms with E-state index in [0.29, 0.717) is 12.1 Å². The van der Waals surface area contributed by atoms with Crippen LogP contribution in [0.25, 0.3) is 0 Å². The monoisotopic (exact) mass is 450 g/mol. The molecule has 1 saturated heterocycles. The normalized spacial score (nSPS) is 16.4. The first-order valence-corrected chi connectivity index (χ1v) is 11.7. The minimum absolute atomic E-state index is 0.0134. The Balaban J connectivity index is 1.47. The van der Waals surface area contributed by atoms with Crippen LogP contribution in [0.4, 0.5) is 5.69 Å². The van der Waals surface area contributed by atoms with Crippen LogP contribution in [0.1, 0.15) is 43.5 Å². The van der Waals surface area contributed by atoms with Gasteiger partial charge in [-0.25, -0.2) is 0 Å². The van der Waals surface area contributed by atoms with Crippen molar-refractivity contribution >= 4 is 23.4 Å². The Kier molecular flexibility index (Phi) is 9.01. The highest BCUT2D eigenvalue weighted by atomic mass is 16.2. The van der Waals surface area contributed by atoms with E-state index in [1.807, 2.05) is 50.2 Å². The molecule has 2 aromatic rings. The average Bonchev–Trinajstić information content (AvgIpc) is 2.84. The third-order valence-electron chi connectivity index (χ3n) is 6.18. The molecule has 0 bridgehead atoms. The molecule has 0 radical (unpaired) electrons. The van der Waals surface area contributed by atoms with Gasteiger partial charge in [0.1, 0.15) is 6.04 Å². The molecule has 33 heavy (non-hydrogen) atoms. The van der Waals surface area contributed by atoms with Crippen LogP contribution >= 0.6 is 0 Å². The van der Waals surface area contributed by atoms with Crippen LogP contribution < -0.4 is 16.0 Å². The number of anilines is 1. The molecule has 1 aliphatic heterocycles. The number of nitrogens with one attached hydrogen (secondary N) is 3. The lowest BCUT2D eigenvalue weighted by Crippen LogP contribution is -2.54. The van der Waals surface area contributed by atoms with Gasteiger partial charge in [-0.15, -0.1) is 0 Å². The van der Waals surface area contributed by atoms with Crippen molar-refractivity contribution < 1.29 is 14.4 Å². The molecule has 0 aromatic heterocycles. The minimum Gasteiger partial charge on any atom is -0.351 e. The highest BCUT2D eigenvalue weighted by molar-refractivity contribution is 5.97. The molecule has 3 amide bonds. The van der Waals surface area contributed by atoms with Gasteiger partial charge in [0.25, 0.3) is 5.91 Å². The van der Waals surface area contributed by atoms with E-state index in [-0.39, 0.29) is 29.7 Å². The maximum Gasteiger partial charge on any atom is 0.251 e. The lowest BCUT2D eigenvalue weighted by Gasteiger charge is -2.33. The molecule has 1 aliphatic rings. The number of likely N-dealkylation sites (tertiary alicyclic amines) is 1. The second-order valence-corrected chi connectivity index (χ2v) is 8.68. The predicted molar refractivity (Wildman–Crippen MR) is 130 cm³/mol. The molecule has 2 aromatic carbocycles. The molecule has 1 fully saturated rings. The number of carbonyl (C=O) groups is 3. The quantitative estimate of drug-likeness (QED) is 0.548. The Labute approximate surface area is 195 Å². The molecule has 0 aliphatic carbocycles. The maximum atomic E-state index is 13.0. The van der Waals surface area contributed by atoms with Crippen molar-refractivity contribution in [3.8, 4) is 0 Å². The third kappa shape index (κ3) is 7.43. The number of amides is 3. The van der Waals surface area contributed by atoms with Gasteiger partial charge >= 0.3 is 0 Å². The lowest BCUT2D eigenvalue weighted by atomic mass is 9.96. The number of nitrogens with zero attached hydrogens (tertiary/aromatic N) is 1. The van der Waals surface area contributed by atoms with Gasteiger partial charge < -0.3 is 16.0 Å². The second kappa shape index (κ2) is 12.2. The van der Waals surface area contributed by atoms with Crippen LogP contribution in [0.3, 0.4) is 0 Å². The van der Waals surface area contributed by atoms with E-state index in [9.17, 15) is 14.4 Å². The van der Waals surface area contributed by atoms with Gasteiger partial charge in [-0.2, -0.15) is 0 Å². The molecule has 7 nitrogen and oxygen atoms in total. The summed E-state index contributed by atoms with van der Waals surface area (Å²) in [6.07, 6.45) is 2.32. The maximum absolute atomic E-state index is 13.0. The summed E-state index contributed by atoms with van der Waals surface area (Å²) in [4.78, 5) is 40.0. The number of benzene rings is 2. The van der Waals surface area contributed by atoms with E-state index in [0.717, 1.165) is 38.0 Å². The van der Waals surface area contributed by atoms with Crippen molar-refractivity contribution in [1.29, 1.82) is 0 Å². The number of carbonyl (C=O) groups excluding carboxylic acids is 3. The summed E-state index contributed by atoms with van der Waals surface area (Å²) in [7, 11) is 0. The average molecular weight is 451 g/mol. The zero-order valence-corrected chi connectivity index (χ0v) is 19.4. The van der Waals surface area contributed by atoms with Crippen molar-refractivity contribution in [2.45, 2.75) is 45.2 Å². The Morgan fingerprint density at radius 2 is 1.58 bits per heavy atom. The van der Waals surface area contributed by atoms with Gasteiger partial charge in [-0.05, 0) is 43.0 Å². The fraction of sp³-hybridized carbons (Fsp3) is 0.423. The molecule has 3 N–H and O–H groups in total. The van der Waals surface area contributed by atoms with Crippen molar-refractivity contribution in [2.24, 2.45) is 5.92 Å². The van der Waals surface area contributed by atoms with E-state index in [4.69, 9.17) is 0 Å². The van der Waals surface area contributed by atoms with Crippen LogP contribution in [-0.4, -0.2) is 54.3 Å². The summed E-state index contributed by atoms with van der Waals surface area (Å²) in [5.74, 6) is -0.409. The fourth-order valence-corrected chi connectivity index (χ4v) is 3.97. The molecule has 2 unspecified atom stereocenters. The van der Waals surface area contributed by atoms with E-state index in [1.54, 1.807) is 24.3 Å². The van der Waals surface area contributed by atoms with Crippen LogP contribution in [0.2, 0.25) is 0 Å². The lowest BCUT2D eigenvalue weighted by molar-refractivity contribution is -0.125. The first-order chi connectivity index (χ1) is 16.0. The molecule has 7 heteroatoms. The van der Waals surface area contributed by atoms with Gasteiger partial charge in [0, 0.05) is 30.4 Å². The first kappa shape index (κ1) is 24.5. The summed E-state index contributed by atoms with van der Waals surface area (Å²) >= 11 is 0. The minimum atomic E-state index is -0.586. The standard InChI is InChI=1S/C26H34N4O3/c1-3-19(2)24(29-25(32)20-10-6-4-7-11-20)26(33)28-22-14-16-30(17-15-22)18-23(31)27-21-12-8-5-9-13-21/h4-13,19,22,24H,3,14-18H2,1-2H3,(H,27,31)(H,28,33)(H,29,32). The second-order valence-electron chi connectivity index (χ2n) is 8.68. The van der Waals surface area contributed by atoms with Crippen LogP contribution in [-0.2, 0) is 9.59 Å². The summed E-state index contributed by atoms with van der Waals surface area (Å²) in [5.41, 5.74) is 1.33. The van der Waals surface area contributed by atoms with E-state index >= 15 is 0 Å². The Hall–Kier alpha value is -3.19. The van der Waals surface area contributed by atoms with Crippen molar-refractivity contribution in [3.63, 3.8) is 0 Å². The smallest absolute Gasteiger partial charge is 0.251 e. The Morgan fingerprint density at radius 3 is 2.18 bits per heavy atom. The van der Waals surface area contributed by atoms with Crippen LogP contribution in [0.15, 0.2) is 60.7 Å². The molecule has 0 saturated carbocycles. The molecular formula is C26H34N4O3. The summed E-state index contributed by atoms with van der Waals surface area (Å²) in [6, 6.07) is 17.8. The molecule has 2 atom stereocenters. The van der Waals surface area contributed by atoms with Crippen molar-refractivity contribution in [3.05, 3.63) is 66.2 Å². The van der Waals surface area contributed by atoms with Gasteiger partial charge in [0.2, 0.25) is 11.8 Å². The predicted octanol–water partition coefficient (Wildman–Crippen LogP) is 3.05. The van der Waals surface area contributed by atoms with E-state index in [1.165, 1.54) is 0 Å². The van der Waals surface area contributed by atoms with Crippen molar-refractivity contribution in [1.82, 2.24) is 15.5 Å². The zero-order chi connectivity index (χ0) is 23.6. The highest BCUT2D eigenvalue weighted by Gasteiger charge is 2.29. The molecular weight excluding hydrogens is 416 g/mol. The summed E-state index contributed by atoms with van der Waals surface area (Å²) in [5, 5.41) is 8.95. The van der Waals surface area contributed by atoms with Crippen LogP contribution in [0.5, 0.6) is 0 Å². The van der Waals surface area contributed by atoms with Gasteiger partial charge in [0.05, 0.1) is 6.54 Å². The largest absolute Gasteiger partial charge is 0.351 e. The number of hydrogen-bond donors (Lipinski definition) is 3. The summed E-state index contributed by atoms with van der Waals surface area (Å²) < 4.78 is 0. The number of hydrogen-bond acceptors (Lipinski definition) is 4. The van der Waals surface area contributed by atoms with Gasteiger partial charge in [-0.3, -0.25) is 19.3 Å². The molecule has 176 valence electrons. The van der Waals surface area contributed by atoms with Crippen LogP contribution in [0, 0.1) is 5.92 Å². The third-order valence-corrected chi connectivity index (χ3v) is 6.18. The highest BCUT2D eigenvalue weighted by Crippen LogP contribution is 2.14. The first-order valence-electron chi connectivity index (χ1n) is 11.7. The van der Waals surface area contributed by atoms with Gasteiger partial charge in [0.15, 0.2) is 0 Å². The SMILES string of the molecule is CCC(C)C(NC(=O)c1ccccc1)C(=O)NC1CCN(CC(=O)Nc2ccccc2)CC1. The number of rotatable bonds is 9.